The largest absolute Gasteiger partial charge is 0.354 e. The van der Waals surface area contributed by atoms with Gasteiger partial charge in [0.2, 0.25) is 5.91 Å². The summed E-state index contributed by atoms with van der Waals surface area (Å²) in [6.45, 7) is 3.04. The first-order valence-corrected chi connectivity index (χ1v) is 7.79. The topological polar surface area (TPSA) is 55.1 Å². The van der Waals surface area contributed by atoms with Gasteiger partial charge in [-0.1, -0.05) is 56.5 Å². The monoisotopic (exact) mass is 274 g/mol. The molecule has 0 heterocycles. The maximum atomic E-state index is 12.1. The Labute approximate surface area is 121 Å². The van der Waals surface area contributed by atoms with Crippen LogP contribution < -0.4 is 11.1 Å². The third kappa shape index (κ3) is 4.07. The lowest BCUT2D eigenvalue weighted by Gasteiger charge is -2.28. The van der Waals surface area contributed by atoms with E-state index in [1.54, 1.807) is 0 Å². The number of amides is 1. The Bertz CT molecular complexity index is 410. The summed E-state index contributed by atoms with van der Waals surface area (Å²) in [7, 11) is 0. The van der Waals surface area contributed by atoms with E-state index in [2.05, 4.69) is 12.2 Å². The fraction of sp³-hybridized carbons (Fsp3) is 0.588. The smallest absolute Gasteiger partial charge is 0.241 e. The SMILES string of the molecule is CCC1CCC(CNC(=O)[C@H](N)c2ccccc2)CC1. The molecule has 3 nitrogen and oxygen atoms in total. The molecule has 1 atom stereocenters. The molecule has 3 heteroatoms. The number of rotatable bonds is 5. The molecule has 0 bridgehead atoms. The maximum Gasteiger partial charge on any atom is 0.241 e. The first-order valence-electron chi connectivity index (χ1n) is 7.79. The van der Waals surface area contributed by atoms with Gasteiger partial charge in [-0.25, -0.2) is 0 Å². The van der Waals surface area contributed by atoms with Gasteiger partial charge < -0.3 is 11.1 Å². The minimum Gasteiger partial charge on any atom is -0.354 e. The van der Waals surface area contributed by atoms with Crippen LogP contribution in [-0.2, 0) is 4.79 Å². The van der Waals surface area contributed by atoms with E-state index < -0.39 is 6.04 Å². The van der Waals surface area contributed by atoms with E-state index in [1.165, 1.54) is 32.1 Å². The van der Waals surface area contributed by atoms with E-state index in [4.69, 9.17) is 5.73 Å². The van der Waals surface area contributed by atoms with E-state index in [0.29, 0.717) is 5.92 Å². The summed E-state index contributed by atoms with van der Waals surface area (Å²) < 4.78 is 0. The van der Waals surface area contributed by atoms with Crippen LogP contribution >= 0.6 is 0 Å². The predicted molar refractivity (Wildman–Crippen MR) is 82.1 cm³/mol. The standard InChI is InChI=1S/C17H26N2O/c1-2-13-8-10-14(11-9-13)12-19-17(20)16(18)15-6-4-3-5-7-15/h3-7,13-14,16H,2,8-12,18H2,1H3,(H,19,20)/t13?,14?,16-/m1/s1. The normalized spacial score (nSPS) is 24.1. The highest BCUT2D eigenvalue weighted by atomic mass is 16.2. The Kier molecular flexibility index (Phi) is 5.60. The average molecular weight is 274 g/mol. The second-order valence-electron chi connectivity index (χ2n) is 5.93. The number of carbonyl (C=O) groups excluding carboxylic acids is 1. The molecule has 0 radical (unpaired) electrons. The molecular weight excluding hydrogens is 248 g/mol. The van der Waals surface area contributed by atoms with Gasteiger partial charge in [0.05, 0.1) is 0 Å². The fourth-order valence-corrected chi connectivity index (χ4v) is 3.01. The molecule has 0 spiro atoms. The molecule has 0 aliphatic heterocycles. The molecular formula is C17H26N2O. The molecule has 20 heavy (non-hydrogen) atoms. The van der Waals surface area contributed by atoms with Crippen LogP contribution in [0.2, 0.25) is 0 Å². The second-order valence-corrected chi connectivity index (χ2v) is 5.93. The van der Waals surface area contributed by atoms with E-state index >= 15 is 0 Å². The molecule has 1 aromatic rings. The second kappa shape index (κ2) is 7.44. The summed E-state index contributed by atoms with van der Waals surface area (Å²) in [5.74, 6) is 1.46. The van der Waals surface area contributed by atoms with E-state index in [-0.39, 0.29) is 5.91 Å². The van der Waals surface area contributed by atoms with E-state index in [0.717, 1.165) is 18.0 Å². The Balaban J connectivity index is 1.75. The van der Waals surface area contributed by atoms with Crippen LogP contribution in [-0.4, -0.2) is 12.5 Å². The highest BCUT2D eigenvalue weighted by molar-refractivity contribution is 5.82. The summed E-state index contributed by atoms with van der Waals surface area (Å²) in [5.41, 5.74) is 6.86. The lowest BCUT2D eigenvalue weighted by molar-refractivity contribution is -0.122. The van der Waals surface area contributed by atoms with Crippen molar-refractivity contribution in [3.63, 3.8) is 0 Å². The van der Waals surface area contributed by atoms with Crippen molar-refractivity contribution in [1.29, 1.82) is 0 Å². The van der Waals surface area contributed by atoms with Crippen molar-refractivity contribution in [3.8, 4) is 0 Å². The van der Waals surface area contributed by atoms with E-state index in [9.17, 15) is 4.79 Å². The van der Waals surface area contributed by atoms with Crippen LogP contribution in [0.4, 0.5) is 0 Å². The Morgan fingerprint density at radius 1 is 1.20 bits per heavy atom. The Hall–Kier alpha value is -1.35. The molecule has 1 amide bonds. The molecule has 0 saturated heterocycles. The summed E-state index contributed by atoms with van der Waals surface area (Å²) in [6, 6.07) is 9.00. The first-order chi connectivity index (χ1) is 9.70. The van der Waals surface area contributed by atoms with E-state index in [1.807, 2.05) is 30.3 Å². The zero-order valence-electron chi connectivity index (χ0n) is 12.3. The maximum absolute atomic E-state index is 12.1. The fourth-order valence-electron chi connectivity index (χ4n) is 3.01. The quantitative estimate of drug-likeness (QED) is 0.867. The van der Waals surface area contributed by atoms with Gasteiger partial charge in [0.25, 0.3) is 0 Å². The number of hydrogen-bond acceptors (Lipinski definition) is 2. The number of nitrogens with two attached hydrogens (primary N) is 1. The van der Waals surface area contributed by atoms with Crippen molar-refractivity contribution in [2.45, 2.75) is 45.1 Å². The number of hydrogen-bond donors (Lipinski definition) is 2. The van der Waals surface area contributed by atoms with Crippen LogP contribution in [0, 0.1) is 11.8 Å². The summed E-state index contributed by atoms with van der Waals surface area (Å²) in [4.78, 5) is 12.1. The van der Waals surface area contributed by atoms with Crippen molar-refractivity contribution in [2.24, 2.45) is 17.6 Å². The first kappa shape index (κ1) is 15.0. The molecule has 110 valence electrons. The average Bonchev–Trinajstić information content (AvgIpc) is 2.53. The van der Waals surface area contributed by atoms with Crippen LogP contribution in [0.15, 0.2) is 30.3 Å². The number of benzene rings is 1. The molecule has 2 rings (SSSR count). The molecule has 1 saturated carbocycles. The molecule has 1 aliphatic carbocycles. The molecule has 1 aromatic carbocycles. The van der Waals surface area contributed by atoms with Gasteiger partial charge in [0.15, 0.2) is 0 Å². The van der Waals surface area contributed by atoms with Crippen molar-refractivity contribution < 1.29 is 4.79 Å². The van der Waals surface area contributed by atoms with Gasteiger partial charge >= 0.3 is 0 Å². The van der Waals surface area contributed by atoms with Crippen molar-refractivity contribution in [1.82, 2.24) is 5.32 Å². The molecule has 0 aromatic heterocycles. The minimum absolute atomic E-state index is 0.0613. The van der Waals surface area contributed by atoms with Crippen LogP contribution in [0.5, 0.6) is 0 Å². The van der Waals surface area contributed by atoms with Crippen molar-refractivity contribution in [3.05, 3.63) is 35.9 Å². The molecule has 1 aliphatic rings. The lowest BCUT2D eigenvalue weighted by Crippen LogP contribution is -2.37. The van der Waals surface area contributed by atoms with Gasteiger partial charge in [-0.05, 0) is 30.2 Å². The van der Waals surface area contributed by atoms with Gasteiger partial charge in [-0.15, -0.1) is 0 Å². The number of carbonyl (C=O) groups is 1. The molecule has 3 N–H and O–H groups in total. The number of nitrogens with one attached hydrogen (secondary N) is 1. The molecule has 0 unspecified atom stereocenters. The third-order valence-electron chi connectivity index (χ3n) is 4.55. The summed E-state index contributed by atoms with van der Waals surface area (Å²) in [6.07, 6.45) is 6.38. The highest BCUT2D eigenvalue weighted by Crippen LogP contribution is 2.30. The third-order valence-corrected chi connectivity index (χ3v) is 4.55. The Morgan fingerprint density at radius 2 is 1.80 bits per heavy atom. The van der Waals surface area contributed by atoms with Crippen LogP contribution in [0.1, 0.15) is 50.6 Å². The van der Waals surface area contributed by atoms with Gasteiger partial charge in [-0.2, -0.15) is 0 Å². The summed E-state index contributed by atoms with van der Waals surface area (Å²) >= 11 is 0. The zero-order valence-corrected chi connectivity index (χ0v) is 12.3. The van der Waals surface area contributed by atoms with Gasteiger partial charge in [0, 0.05) is 6.54 Å². The highest BCUT2D eigenvalue weighted by Gasteiger charge is 2.21. The molecule has 1 fully saturated rings. The Morgan fingerprint density at radius 3 is 2.40 bits per heavy atom. The van der Waals surface area contributed by atoms with Crippen LogP contribution in [0.3, 0.4) is 0 Å². The van der Waals surface area contributed by atoms with Crippen molar-refractivity contribution >= 4 is 5.91 Å². The lowest BCUT2D eigenvalue weighted by atomic mass is 9.81. The van der Waals surface area contributed by atoms with Gasteiger partial charge in [-0.3, -0.25) is 4.79 Å². The predicted octanol–water partition coefficient (Wildman–Crippen LogP) is 3.02. The van der Waals surface area contributed by atoms with Crippen molar-refractivity contribution in [2.75, 3.05) is 6.54 Å². The zero-order chi connectivity index (χ0) is 14.4. The summed E-state index contributed by atoms with van der Waals surface area (Å²) in [5, 5.41) is 3.02. The minimum atomic E-state index is -0.553. The van der Waals surface area contributed by atoms with Gasteiger partial charge in [0.1, 0.15) is 6.04 Å². The van der Waals surface area contributed by atoms with Crippen LogP contribution in [0.25, 0.3) is 0 Å².